The molecule has 15 nitrogen and oxygen atoms in total. The van der Waals surface area contributed by atoms with Crippen molar-refractivity contribution >= 4 is 35.4 Å². The molecule has 6 atom stereocenters. The van der Waals surface area contributed by atoms with Crippen LogP contribution >= 0.6 is 0 Å². The van der Waals surface area contributed by atoms with Crippen LogP contribution in [0.3, 0.4) is 0 Å². The third kappa shape index (κ3) is 11.5. The van der Waals surface area contributed by atoms with E-state index in [0.717, 1.165) is 55.6 Å². The number of aromatic nitrogens is 2. The van der Waals surface area contributed by atoms with Gasteiger partial charge in [-0.25, -0.2) is 4.98 Å². The topological polar surface area (TPSA) is 201 Å². The van der Waals surface area contributed by atoms with E-state index in [9.17, 15) is 28.8 Å². The van der Waals surface area contributed by atoms with Crippen molar-refractivity contribution in [3.63, 3.8) is 0 Å². The number of aryl methyl sites for hydroxylation is 1. The number of carbonyl (C=O) groups is 6. The van der Waals surface area contributed by atoms with Crippen molar-refractivity contribution in [1.82, 2.24) is 40.6 Å². The second-order valence-corrected chi connectivity index (χ2v) is 17.4. The quantitative estimate of drug-likeness (QED) is 0.151. The molecule has 1 aromatic carbocycles. The fourth-order valence-corrected chi connectivity index (χ4v) is 8.99. The van der Waals surface area contributed by atoms with Crippen LogP contribution in [0.1, 0.15) is 118 Å². The molecule has 1 aliphatic carbocycles. The van der Waals surface area contributed by atoms with Crippen LogP contribution in [0.5, 0.6) is 0 Å². The van der Waals surface area contributed by atoms with Gasteiger partial charge >= 0.3 is 0 Å². The zero-order chi connectivity index (χ0) is 42.8. The number of nitrogens with two attached hydrogens (primary N) is 1. The maximum atomic E-state index is 14.6. The Hall–Kier alpha value is -4.79. The minimum absolute atomic E-state index is 0.130. The summed E-state index contributed by atoms with van der Waals surface area (Å²) in [5.74, 6) is -1.60. The van der Waals surface area contributed by atoms with E-state index >= 15 is 0 Å². The molecule has 0 bridgehead atoms. The molecule has 6 N–H and O–H groups in total. The number of hydrogen-bond acceptors (Lipinski definition) is 8. The number of rotatable bonds is 18. The van der Waals surface area contributed by atoms with E-state index in [-0.39, 0.29) is 48.1 Å². The first kappa shape index (κ1) is 45.3. The van der Waals surface area contributed by atoms with Crippen molar-refractivity contribution in [1.29, 1.82) is 0 Å². The largest absolute Gasteiger partial charge is 0.345 e. The summed E-state index contributed by atoms with van der Waals surface area (Å²) in [5, 5.41) is 11.3. The molecule has 2 aliphatic heterocycles. The Morgan fingerprint density at radius 1 is 0.780 bits per heavy atom. The lowest BCUT2D eigenvalue weighted by Gasteiger charge is -2.32. The van der Waals surface area contributed by atoms with Gasteiger partial charge in [-0.15, -0.1) is 0 Å². The summed E-state index contributed by atoms with van der Waals surface area (Å²) >= 11 is 0. The van der Waals surface area contributed by atoms with Crippen molar-refractivity contribution in [2.24, 2.45) is 23.5 Å². The Morgan fingerprint density at radius 2 is 1.42 bits per heavy atom. The Morgan fingerprint density at radius 3 is 2.05 bits per heavy atom. The molecular weight excluding hydrogens is 751 g/mol. The maximum absolute atomic E-state index is 14.6. The second kappa shape index (κ2) is 20.9. The number of nitrogens with one attached hydrogen (secondary N) is 4. The maximum Gasteiger partial charge on any atom is 0.245 e. The summed E-state index contributed by atoms with van der Waals surface area (Å²) in [6, 6.07) is 5.12. The van der Waals surface area contributed by atoms with Crippen molar-refractivity contribution in [3.8, 4) is 11.3 Å². The van der Waals surface area contributed by atoms with Crippen molar-refractivity contribution in [2.45, 2.75) is 149 Å². The molecule has 3 fully saturated rings. The average molecular weight is 818 g/mol. The summed E-state index contributed by atoms with van der Waals surface area (Å²) in [6.45, 7) is 12.3. The van der Waals surface area contributed by atoms with Crippen LogP contribution in [-0.2, 0) is 35.3 Å². The summed E-state index contributed by atoms with van der Waals surface area (Å²) in [7, 11) is 0. The highest BCUT2D eigenvalue weighted by atomic mass is 16.2. The zero-order valence-electron chi connectivity index (χ0n) is 35.9. The van der Waals surface area contributed by atoms with Gasteiger partial charge in [-0.3, -0.25) is 28.8 Å². The van der Waals surface area contributed by atoms with Gasteiger partial charge in [0.1, 0.15) is 36.0 Å². The SMILES string of the molecule is CCn1cc(-c2ccccc2)nc1[C@@H]1CCCN1C(=O)[C@H](CC1CCCC1)NC(=O)[C@H](CN)NC(=O)[C@@H](NC(=O)[C@@H]1CCCN1C(=O)[C@H](CC(C)C)NC(C)=O)C(C)C. The van der Waals surface area contributed by atoms with Gasteiger partial charge in [-0.05, 0) is 63.2 Å². The number of hydrogen-bond donors (Lipinski definition) is 5. The van der Waals surface area contributed by atoms with E-state index in [1.54, 1.807) is 13.8 Å². The monoisotopic (exact) mass is 818 g/mol. The average Bonchev–Trinajstić information content (AvgIpc) is 4.05. The molecule has 1 saturated carbocycles. The Bertz CT molecular complexity index is 1770. The molecule has 59 heavy (non-hydrogen) atoms. The lowest BCUT2D eigenvalue weighted by Crippen LogP contribution is -2.61. The van der Waals surface area contributed by atoms with E-state index in [4.69, 9.17) is 10.7 Å². The van der Waals surface area contributed by atoms with Gasteiger partial charge in [0.15, 0.2) is 0 Å². The molecule has 0 spiro atoms. The molecule has 3 heterocycles. The number of likely N-dealkylation sites (tertiary alicyclic amines) is 2. The van der Waals surface area contributed by atoms with E-state index in [1.165, 1.54) is 11.8 Å². The van der Waals surface area contributed by atoms with Crippen LogP contribution in [0.4, 0.5) is 0 Å². The molecule has 0 radical (unpaired) electrons. The standard InChI is InChI=1S/C44H67N9O6/c1-7-51-26-35(31-17-9-8-10-18-31)47-39(51)36-19-13-21-52(36)44(59)33(24-30-15-11-12-16-30)48-40(55)34(25-45)49-42(57)38(28(4)5)50-41(56)37-20-14-22-53(37)43(58)32(23-27(2)3)46-29(6)54/h8-10,17-18,26-28,30,32-34,36-38H,7,11-16,19-25,45H2,1-6H3,(H,46,54)(H,48,55)(H,49,57)(H,50,56)/t32-,33-,34-,36-,37-,38-/m0/s1. The molecule has 3 aliphatic rings. The Balaban J connectivity index is 1.28. The summed E-state index contributed by atoms with van der Waals surface area (Å²) < 4.78 is 2.10. The third-order valence-electron chi connectivity index (χ3n) is 12.0. The first-order chi connectivity index (χ1) is 28.2. The molecule has 2 aromatic rings. The van der Waals surface area contributed by atoms with E-state index in [2.05, 4.69) is 32.8 Å². The van der Waals surface area contributed by atoms with Crippen LogP contribution in [0.25, 0.3) is 11.3 Å². The fraction of sp³-hybridized carbons (Fsp3) is 0.659. The van der Waals surface area contributed by atoms with Crippen LogP contribution < -0.4 is 27.0 Å². The zero-order valence-corrected chi connectivity index (χ0v) is 35.9. The molecular formula is C44H67N9O6. The van der Waals surface area contributed by atoms with Gasteiger partial charge in [0.05, 0.1) is 11.7 Å². The van der Waals surface area contributed by atoms with Crippen LogP contribution in [0, 0.1) is 17.8 Å². The highest BCUT2D eigenvalue weighted by Gasteiger charge is 2.41. The number of amides is 6. The lowest BCUT2D eigenvalue weighted by atomic mass is 9.96. The normalized spacial score (nSPS) is 20.4. The van der Waals surface area contributed by atoms with Gasteiger partial charge in [-0.1, -0.05) is 83.7 Å². The van der Waals surface area contributed by atoms with E-state index < -0.39 is 47.9 Å². The van der Waals surface area contributed by atoms with E-state index in [1.807, 2.05) is 55.3 Å². The summed E-state index contributed by atoms with van der Waals surface area (Å²) in [4.78, 5) is 90.2. The lowest BCUT2D eigenvalue weighted by molar-refractivity contribution is -0.142. The number of imidazole rings is 1. The number of benzene rings is 1. The highest BCUT2D eigenvalue weighted by Crippen LogP contribution is 2.35. The smallest absolute Gasteiger partial charge is 0.245 e. The molecule has 0 unspecified atom stereocenters. The Labute approximate surface area is 349 Å². The summed E-state index contributed by atoms with van der Waals surface area (Å²) in [6.07, 6.45) is 9.62. The molecule has 324 valence electrons. The molecule has 6 amide bonds. The minimum Gasteiger partial charge on any atom is -0.345 e. The molecule has 1 aromatic heterocycles. The van der Waals surface area contributed by atoms with Gasteiger partial charge in [0.25, 0.3) is 0 Å². The Kier molecular flexibility index (Phi) is 16.1. The van der Waals surface area contributed by atoms with Crippen LogP contribution in [0.2, 0.25) is 0 Å². The molecule has 5 rings (SSSR count). The van der Waals surface area contributed by atoms with Gasteiger partial charge in [0, 0.05) is 44.9 Å². The third-order valence-corrected chi connectivity index (χ3v) is 12.0. The summed E-state index contributed by atoms with van der Waals surface area (Å²) in [5.41, 5.74) is 7.97. The first-order valence-electron chi connectivity index (χ1n) is 21.8. The fourth-order valence-electron chi connectivity index (χ4n) is 8.99. The second-order valence-electron chi connectivity index (χ2n) is 17.4. The predicted octanol–water partition coefficient (Wildman–Crippen LogP) is 3.42. The predicted molar refractivity (Wildman–Crippen MR) is 225 cm³/mol. The molecule has 2 saturated heterocycles. The van der Waals surface area contributed by atoms with Crippen molar-refractivity contribution in [3.05, 3.63) is 42.4 Å². The van der Waals surface area contributed by atoms with Gasteiger partial charge in [-0.2, -0.15) is 0 Å². The highest BCUT2D eigenvalue weighted by molar-refractivity contribution is 5.96. The van der Waals surface area contributed by atoms with E-state index in [0.29, 0.717) is 45.3 Å². The first-order valence-corrected chi connectivity index (χ1v) is 21.8. The number of carbonyl (C=O) groups excluding carboxylic acids is 6. The molecule has 15 heteroatoms. The minimum atomic E-state index is -1.17. The van der Waals surface area contributed by atoms with Gasteiger partial charge in [0.2, 0.25) is 35.4 Å². The van der Waals surface area contributed by atoms with Crippen LogP contribution in [-0.4, -0.2) is 105 Å². The van der Waals surface area contributed by atoms with Crippen molar-refractivity contribution in [2.75, 3.05) is 19.6 Å². The van der Waals surface area contributed by atoms with Crippen molar-refractivity contribution < 1.29 is 28.8 Å². The van der Waals surface area contributed by atoms with Crippen LogP contribution in [0.15, 0.2) is 36.5 Å². The number of nitrogens with zero attached hydrogens (tertiary/aromatic N) is 4. The van der Waals surface area contributed by atoms with Gasteiger partial charge < -0.3 is 41.4 Å².